The van der Waals surface area contributed by atoms with E-state index in [1.54, 1.807) is 0 Å². The van der Waals surface area contributed by atoms with Crippen molar-refractivity contribution in [3.8, 4) is 11.1 Å². The lowest BCUT2D eigenvalue weighted by Crippen LogP contribution is -2.38. The van der Waals surface area contributed by atoms with Gasteiger partial charge in [0.25, 0.3) is 0 Å². The van der Waals surface area contributed by atoms with E-state index in [0.717, 1.165) is 0 Å². The lowest BCUT2D eigenvalue weighted by Gasteiger charge is -2.38. The standard InChI is InChI=1S/C25H24O3/c1-25-13-7-12-19(18-11-6-5-10-17(18)16-8-3-2-4-9-16)22(25)23-20(27-23)14-26-15-21-24(25)28-21/h2-13,20-24H,14-15H2,1H3. The van der Waals surface area contributed by atoms with Gasteiger partial charge in [0.05, 0.1) is 25.4 Å². The summed E-state index contributed by atoms with van der Waals surface area (Å²) in [6.45, 7) is 3.68. The first-order valence-electron chi connectivity index (χ1n) is 10.2. The summed E-state index contributed by atoms with van der Waals surface area (Å²) in [6.07, 6.45) is 7.61. The van der Waals surface area contributed by atoms with Crippen molar-refractivity contribution >= 4 is 5.57 Å². The molecule has 28 heavy (non-hydrogen) atoms. The maximum absolute atomic E-state index is 6.14. The van der Waals surface area contributed by atoms with Gasteiger partial charge >= 0.3 is 0 Å². The molecule has 6 atom stereocenters. The third-order valence-corrected chi connectivity index (χ3v) is 6.77. The van der Waals surface area contributed by atoms with Crippen molar-refractivity contribution in [1.82, 2.24) is 0 Å². The highest BCUT2D eigenvalue weighted by Gasteiger charge is 2.63. The number of hydrogen-bond acceptors (Lipinski definition) is 3. The molecule has 3 heteroatoms. The number of fused-ring (bicyclic) bond motifs is 5. The lowest BCUT2D eigenvalue weighted by atomic mass is 9.64. The number of hydrogen-bond donors (Lipinski definition) is 0. The molecule has 0 N–H and O–H groups in total. The molecule has 1 aliphatic carbocycles. The number of ether oxygens (including phenoxy) is 3. The van der Waals surface area contributed by atoms with Gasteiger partial charge in [0.2, 0.25) is 0 Å². The monoisotopic (exact) mass is 372 g/mol. The molecule has 0 spiro atoms. The summed E-state index contributed by atoms with van der Waals surface area (Å²) in [5.74, 6) is 0.268. The minimum Gasteiger partial charge on any atom is -0.376 e. The zero-order valence-corrected chi connectivity index (χ0v) is 16.0. The first-order valence-corrected chi connectivity index (χ1v) is 10.2. The Labute approximate surface area is 165 Å². The smallest absolute Gasteiger partial charge is 0.108 e. The lowest BCUT2D eigenvalue weighted by molar-refractivity contribution is 0.102. The van der Waals surface area contributed by atoms with Crippen LogP contribution in [0.15, 0.2) is 72.8 Å². The van der Waals surface area contributed by atoms with Crippen LogP contribution in [0.3, 0.4) is 0 Å². The van der Waals surface area contributed by atoms with Crippen molar-refractivity contribution in [1.29, 1.82) is 0 Å². The second-order valence-electron chi connectivity index (χ2n) is 8.51. The Kier molecular flexibility index (Phi) is 3.67. The normalized spacial score (nSPS) is 38.0. The molecule has 4 aliphatic rings. The zero-order chi connectivity index (χ0) is 18.7. The van der Waals surface area contributed by atoms with Crippen LogP contribution >= 0.6 is 0 Å². The first kappa shape index (κ1) is 16.7. The fourth-order valence-corrected chi connectivity index (χ4v) is 5.27. The third-order valence-electron chi connectivity index (χ3n) is 6.77. The summed E-state index contributed by atoms with van der Waals surface area (Å²) in [5, 5.41) is 0. The van der Waals surface area contributed by atoms with Crippen molar-refractivity contribution in [2.75, 3.05) is 13.2 Å². The maximum Gasteiger partial charge on any atom is 0.108 e. The Balaban J connectivity index is 1.48. The average Bonchev–Trinajstić information content (AvgIpc) is 3.65. The third kappa shape index (κ3) is 2.54. The molecule has 6 unspecified atom stereocenters. The average molecular weight is 372 g/mol. The van der Waals surface area contributed by atoms with Crippen molar-refractivity contribution < 1.29 is 14.2 Å². The Morgan fingerprint density at radius 1 is 0.857 bits per heavy atom. The Hall–Kier alpha value is -2.20. The van der Waals surface area contributed by atoms with E-state index in [1.165, 1.54) is 22.3 Å². The van der Waals surface area contributed by atoms with E-state index < -0.39 is 0 Å². The predicted molar refractivity (Wildman–Crippen MR) is 109 cm³/mol. The first-order chi connectivity index (χ1) is 13.8. The van der Waals surface area contributed by atoms with Crippen LogP contribution in [-0.4, -0.2) is 37.6 Å². The van der Waals surface area contributed by atoms with Gasteiger partial charge in [-0.2, -0.15) is 0 Å². The molecule has 0 amide bonds. The van der Waals surface area contributed by atoms with Gasteiger partial charge in [-0.25, -0.2) is 0 Å². The van der Waals surface area contributed by atoms with Crippen molar-refractivity contribution in [2.45, 2.75) is 31.3 Å². The zero-order valence-electron chi connectivity index (χ0n) is 16.0. The summed E-state index contributed by atoms with van der Waals surface area (Å²) < 4.78 is 18.1. The highest BCUT2D eigenvalue weighted by molar-refractivity contribution is 5.84. The maximum atomic E-state index is 6.14. The van der Waals surface area contributed by atoms with Gasteiger partial charge in [-0.15, -0.1) is 0 Å². The minimum absolute atomic E-state index is 0.0777. The van der Waals surface area contributed by atoms with Gasteiger partial charge in [-0.3, -0.25) is 0 Å². The summed E-state index contributed by atoms with van der Waals surface area (Å²) in [5.41, 5.74) is 5.09. The molecule has 3 nitrogen and oxygen atoms in total. The van der Waals surface area contributed by atoms with Crippen LogP contribution in [0.1, 0.15) is 12.5 Å². The highest BCUT2D eigenvalue weighted by atomic mass is 16.6. The van der Waals surface area contributed by atoms with Crippen molar-refractivity contribution in [3.05, 3.63) is 78.4 Å². The van der Waals surface area contributed by atoms with E-state index in [1.807, 2.05) is 0 Å². The van der Waals surface area contributed by atoms with Crippen LogP contribution in [0.4, 0.5) is 0 Å². The van der Waals surface area contributed by atoms with Gasteiger partial charge in [-0.1, -0.05) is 79.7 Å². The molecule has 2 aromatic rings. The van der Waals surface area contributed by atoms with Crippen LogP contribution < -0.4 is 0 Å². The van der Waals surface area contributed by atoms with E-state index in [-0.39, 0.29) is 35.7 Å². The molecule has 142 valence electrons. The Bertz CT molecular complexity index is 963. The quantitative estimate of drug-likeness (QED) is 0.728. The molecule has 0 saturated carbocycles. The van der Waals surface area contributed by atoms with E-state index >= 15 is 0 Å². The largest absolute Gasteiger partial charge is 0.376 e. The molecule has 3 fully saturated rings. The van der Waals surface area contributed by atoms with E-state index in [2.05, 4.69) is 79.7 Å². The molecular weight excluding hydrogens is 348 g/mol. The van der Waals surface area contributed by atoms with Gasteiger partial charge < -0.3 is 14.2 Å². The van der Waals surface area contributed by atoms with Gasteiger partial charge in [0, 0.05) is 11.3 Å². The van der Waals surface area contributed by atoms with E-state index in [9.17, 15) is 0 Å². The Morgan fingerprint density at radius 3 is 2.46 bits per heavy atom. The molecule has 0 aromatic heterocycles. The summed E-state index contributed by atoms with van der Waals surface area (Å²) >= 11 is 0. The van der Waals surface area contributed by atoms with Crippen LogP contribution in [-0.2, 0) is 14.2 Å². The molecule has 0 bridgehead atoms. The van der Waals surface area contributed by atoms with Crippen molar-refractivity contribution in [3.63, 3.8) is 0 Å². The van der Waals surface area contributed by atoms with Crippen LogP contribution in [0.25, 0.3) is 16.7 Å². The summed E-state index contributed by atoms with van der Waals surface area (Å²) in [6, 6.07) is 19.4. The second-order valence-corrected chi connectivity index (χ2v) is 8.51. The van der Waals surface area contributed by atoms with Crippen LogP contribution in [0.5, 0.6) is 0 Å². The highest BCUT2D eigenvalue weighted by Crippen LogP contribution is 2.57. The number of rotatable bonds is 2. The molecule has 3 aliphatic heterocycles. The van der Waals surface area contributed by atoms with Crippen LogP contribution in [0, 0.1) is 11.3 Å². The van der Waals surface area contributed by atoms with Crippen LogP contribution in [0.2, 0.25) is 0 Å². The SMILES string of the molecule is CC12C=CC=C(c3ccccc3-c3ccccc3)C1C1OC1COCC1OC12. The molecule has 0 radical (unpaired) electrons. The summed E-state index contributed by atoms with van der Waals surface area (Å²) in [4.78, 5) is 0. The second kappa shape index (κ2) is 6.15. The summed E-state index contributed by atoms with van der Waals surface area (Å²) in [7, 11) is 0. The fourth-order valence-electron chi connectivity index (χ4n) is 5.27. The predicted octanol–water partition coefficient (Wildman–Crippen LogP) is 4.49. The van der Waals surface area contributed by atoms with Crippen molar-refractivity contribution in [2.24, 2.45) is 11.3 Å². The molecule has 6 rings (SSSR count). The number of benzene rings is 2. The van der Waals surface area contributed by atoms with Gasteiger partial charge in [0.15, 0.2) is 0 Å². The molecule has 3 heterocycles. The Morgan fingerprint density at radius 2 is 1.61 bits per heavy atom. The number of allylic oxidation sites excluding steroid dienone is 2. The molecule has 2 aromatic carbocycles. The van der Waals surface area contributed by atoms with E-state index in [4.69, 9.17) is 14.2 Å². The molecular formula is C25H24O3. The van der Waals surface area contributed by atoms with Gasteiger partial charge in [0.1, 0.15) is 12.2 Å². The number of epoxide rings is 2. The minimum atomic E-state index is -0.0777. The van der Waals surface area contributed by atoms with E-state index in [0.29, 0.717) is 13.2 Å². The van der Waals surface area contributed by atoms with Gasteiger partial charge in [-0.05, 0) is 22.3 Å². The molecule has 3 saturated heterocycles. The topological polar surface area (TPSA) is 34.3 Å². The fraction of sp³-hybridized carbons (Fsp3) is 0.360.